The second-order valence-corrected chi connectivity index (χ2v) is 4.07. The number of aromatic hydroxyl groups is 1. The number of rotatable bonds is 7. The fraction of sp³-hybridized carbons (Fsp3) is 0.462. The molecule has 106 valence electrons. The van der Waals surface area contributed by atoms with Crippen LogP contribution in [-0.2, 0) is 4.79 Å². The number of carboxylic acids is 1. The van der Waals surface area contributed by atoms with Crippen LogP contribution < -0.4 is 4.74 Å². The Hall–Kier alpha value is -1.79. The molecule has 0 bridgehead atoms. The van der Waals surface area contributed by atoms with Gasteiger partial charge in [-0.15, -0.1) is 0 Å². The lowest BCUT2D eigenvalue weighted by molar-refractivity contribution is -0.143. The third-order valence-corrected chi connectivity index (χ3v) is 2.75. The fourth-order valence-electron chi connectivity index (χ4n) is 1.88. The second-order valence-electron chi connectivity index (χ2n) is 4.07. The van der Waals surface area contributed by atoms with Crippen LogP contribution >= 0.6 is 0 Å². The van der Waals surface area contributed by atoms with Crippen molar-refractivity contribution in [3.63, 3.8) is 0 Å². The molecule has 0 heterocycles. The number of aliphatic hydroxyl groups is 1. The van der Waals surface area contributed by atoms with Crippen molar-refractivity contribution in [3.8, 4) is 11.5 Å². The van der Waals surface area contributed by atoms with Crippen molar-refractivity contribution in [1.29, 1.82) is 0 Å². The SMILES string of the molecule is CCOc1cccc(C(C(=O)O)N(C)CCO)c1O. The average molecular weight is 269 g/mol. The second kappa shape index (κ2) is 6.96. The van der Waals surface area contributed by atoms with Gasteiger partial charge in [0.15, 0.2) is 11.5 Å². The number of likely N-dealkylation sites (N-methyl/N-ethyl adjacent to an activating group) is 1. The van der Waals surface area contributed by atoms with Gasteiger partial charge < -0.3 is 20.1 Å². The highest BCUT2D eigenvalue weighted by Gasteiger charge is 2.28. The molecule has 6 heteroatoms. The Balaban J connectivity index is 3.16. The molecule has 19 heavy (non-hydrogen) atoms. The van der Waals surface area contributed by atoms with Gasteiger partial charge in [0.25, 0.3) is 0 Å². The zero-order chi connectivity index (χ0) is 14.4. The zero-order valence-corrected chi connectivity index (χ0v) is 11.0. The van der Waals surface area contributed by atoms with Gasteiger partial charge in [-0.2, -0.15) is 0 Å². The predicted octanol–water partition coefficient (Wildman–Crippen LogP) is 0.841. The van der Waals surface area contributed by atoms with Crippen molar-refractivity contribution in [2.24, 2.45) is 0 Å². The molecule has 1 unspecified atom stereocenters. The number of hydrogen-bond acceptors (Lipinski definition) is 5. The zero-order valence-electron chi connectivity index (χ0n) is 11.0. The van der Waals surface area contributed by atoms with Gasteiger partial charge in [-0.05, 0) is 20.0 Å². The Labute approximate surface area is 111 Å². The maximum atomic E-state index is 11.4. The maximum Gasteiger partial charge on any atom is 0.325 e. The first-order chi connectivity index (χ1) is 9.02. The third-order valence-electron chi connectivity index (χ3n) is 2.75. The van der Waals surface area contributed by atoms with E-state index < -0.39 is 12.0 Å². The number of aliphatic carboxylic acids is 1. The van der Waals surface area contributed by atoms with Crippen LogP contribution in [0.5, 0.6) is 11.5 Å². The van der Waals surface area contributed by atoms with Gasteiger partial charge in [-0.25, -0.2) is 0 Å². The molecule has 6 nitrogen and oxygen atoms in total. The molecule has 0 saturated carbocycles. The number of ether oxygens (including phenoxy) is 1. The molecule has 0 radical (unpaired) electrons. The van der Waals surface area contributed by atoms with E-state index in [1.54, 1.807) is 26.1 Å². The molecule has 0 fully saturated rings. The van der Waals surface area contributed by atoms with E-state index in [1.165, 1.54) is 11.0 Å². The number of phenolic OH excluding ortho intramolecular Hbond substituents is 1. The molecule has 1 aromatic carbocycles. The van der Waals surface area contributed by atoms with Crippen molar-refractivity contribution >= 4 is 5.97 Å². The lowest BCUT2D eigenvalue weighted by atomic mass is 10.0. The van der Waals surface area contributed by atoms with E-state index in [2.05, 4.69) is 0 Å². The van der Waals surface area contributed by atoms with E-state index in [4.69, 9.17) is 9.84 Å². The summed E-state index contributed by atoms with van der Waals surface area (Å²) in [7, 11) is 1.57. The monoisotopic (exact) mass is 269 g/mol. The first kappa shape index (κ1) is 15.3. The summed E-state index contributed by atoms with van der Waals surface area (Å²) in [6.07, 6.45) is 0. The Morgan fingerprint density at radius 3 is 2.68 bits per heavy atom. The molecule has 1 rings (SSSR count). The summed E-state index contributed by atoms with van der Waals surface area (Å²) >= 11 is 0. The van der Waals surface area contributed by atoms with Gasteiger partial charge in [0.05, 0.1) is 13.2 Å². The number of aliphatic hydroxyl groups excluding tert-OH is 1. The largest absolute Gasteiger partial charge is 0.504 e. The van der Waals surface area contributed by atoms with Gasteiger partial charge in [-0.3, -0.25) is 9.69 Å². The highest BCUT2D eigenvalue weighted by atomic mass is 16.5. The number of nitrogens with zero attached hydrogens (tertiary/aromatic N) is 1. The molecule has 0 aliphatic heterocycles. The average Bonchev–Trinajstić information content (AvgIpc) is 2.34. The summed E-state index contributed by atoms with van der Waals surface area (Å²) in [6.45, 7) is 2.18. The standard InChI is InChI=1S/C13H19NO5/c1-3-19-10-6-4-5-9(12(10)16)11(13(17)18)14(2)7-8-15/h4-6,11,15-16H,3,7-8H2,1-2H3,(H,17,18). The van der Waals surface area contributed by atoms with Crippen LogP contribution in [0.2, 0.25) is 0 Å². The van der Waals surface area contributed by atoms with Crippen LogP contribution in [0, 0.1) is 0 Å². The predicted molar refractivity (Wildman–Crippen MR) is 69.4 cm³/mol. The molecule has 3 N–H and O–H groups in total. The Morgan fingerprint density at radius 2 is 2.16 bits per heavy atom. The number of para-hydroxylation sites is 1. The van der Waals surface area contributed by atoms with E-state index in [0.717, 1.165) is 0 Å². The molecule has 0 amide bonds. The molecule has 1 atom stereocenters. The quantitative estimate of drug-likeness (QED) is 0.679. The summed E-state index contributed by atoms with van der Waals surface area (Å²) in [4.78, 5) is 12.8. The fourth-order valence-corrected chi connectivity index (χ4v) is 1.88. The molecule has 1 aromatic rings. The summed E-state index contributed by atoms with van der Waals surface area (Å²) in [5.41, 5.74) is 0.245. The Morgan fingerprint density at radius 1 is 1.47 bits per heavy atom. The summed E-state index contributed by atoms with van der Waals surface area (Å²) < 4.78 is 5.24. The minimum Gasteiger partial charge on any atom is -0.504 e. The highest BCUT2D eigenvalue weighted by molar-refractivity contribution is 5.77. The number of carboxylic acid groups (broad SMARTS) is 1. The van der Waals surface area contributed by atoms with Crippen LogP contribution in [0.4, 0.5) is 0 Å². The minimum absolute atomic E-state index is 0.161. The molecular formula is C13H19NO5. The summed E-state index contributed by atoms with van der Waals surface area (Å²) in [5, 5.41) is 28.3. The molecular weight excluding hydrogens is 250 g/mol. The normalized spacial score (nSPS) is 12.4. The number of phenols is 1. The van der Waals surface area contributed by atoms with Crippen molar-refractivity contribution in [3.05, 3.63) is 23.8 Å². The lowest BCUT2D eigenvalue weighted by Gasteiger charge is -2.25. The van der Waals surface area contributed by atoms with Gasteiger partial charge in [0.2, 0.25) is 0 Å². The number of hydrogen-bond donors (Lipinski definition) is 3. The van der Waals surface area contributed by atoms with Crippen LogP contribution in [0.15, 0.2) is 18.2 Å². The number of benzene rings is 1. The van der Waals surface area contributed by atoms with Crippen molar-refractivity contribution < 1.29 is 24.9 Å². The number of carbonyl (C=O) groups is 1. The van der Waals surface area contributed by atoms with E-state index in [1.807, 2.05) is 0 Å². The topological polar surface area (TPSA) is 90.2 Å². The van der Waals surface area contributed by atoms with Crippen molar-refractivity contribution in [2.75, 3.05) is 26.8 Å². The Kier molecular flexibility index (Phi) is 5.59. The molecule has 0 aliphatic rings. The Bertz CT molecular complexity index is 435. The van der Waals surface area contributed by atoms with Crippen LogP contribution in [0.25, 0.3) is 0 Å². The van der Waals surface area contributed by atoms with Gasteiger partial charge in [-0.1, -0.05) is 12.1 Å². The van der Waals surface area contributed by atoms with E-state index in [9.17, 15) is 15.0 Å². The van der Waals surface area contributed by atoms with Gasteiger partial charge in [0, 0.05) is 12.1 Å². The van der Waals surface area contributed by atoms with Crippen LogP contribution in [0.3, 0.4) is 0 Å². The molecule has 0 spiro atoms. The van der Waals surface area contributed by atoms with Crippen LogP contribution in [-0.4, -0.2) is 53.0 Å². The summed E-state index contributed by atoms with van der Waals surface area (Å²) in [6, 6.07) is 3.70. The first-order valence-electron chi connectivity index (χ1n) is 6.01. The lowest BCUT2D eigenvalue weighted by Crippen LogP contribution is -2.33. The molecule has 0 saturated heterocycles. The van der Waals surface area contributed by atoms with Crippen LogP contribution in [0.1, 0.15) is 18.5 Å². The third kappa shape index (κ3) is 3.59. The molecule has 0 aliphatic carbocycles. The smallest absolute Gasteiger partial charge is 0.325 e. The highest BCUT2D eigenvalue weighted by Crippen LogP contribution is 2.35. The van der Waals surface area contributed by atoms with Gasteiger partial charge in [0.1, 0.15) is 6.04 Å². The summed E-state index contributed by atoms with van der Waals surface area (Å²) in [5.74, 6) is -1.02. The first-order valence-corrected chi connectivity index (χ1v) is 6.01. The van der Waals surface area contributed by atoms with Crippen molar-refractivity contribution in [2.45, 2.75) is 13.0 Å². The van der Waals surface area contributed by atoms with E-state index >= 15 is 0 Å². The van der Waals surface area contributed by atoms with E-state index in [0.29, 0.717) is 6.61 Å². The molecule has 0 aromatic heterocycles. The van der Waals surface area contributed by atoms with Gasteiger partial charge >= 0.3 is 5.97 Å². The maximum absolute atomic E-state index is 11.4. The van der Waals surface area contributed by atoms with Crippen molar-refractivity contribution in [1.82, 2.24) is 4.90 Å². The van der Waals surface area contributed by atoms with E-state index in [-0.39, 0.29) is 30.2 Å². The minimum atomic E-state index is -1.10.